The normalized spacial score (nSPS) is 16.5. The van der Waals surface area contributed by atoms with Gasteiger partial charge in [-0.2, -0.15) is 5.48 Å². The molecule has 190 valence electrons. The molecule has 3 aromatic rings. The Morgan fingerprint density at radius 3 is 2.60 bits per heavy atom. The lowest BCUT2D eigenvalue weighted by molar-refractivity contribution is 0.0633. The summed E-state index contributed by atoms with van der Waals surface area (Å²) in [4.78, 5) is 11.5. The molecule has 0 saturated carbocycles. The Bertz CT molecular complexity index is 1090. The van der Waals surface area contributed by atoms with Gasteiger partial charge >= 0.3 is 0 Å². The van der Waals surface area contributed by atoms with Crippen LogP contribution in [0.25, 0.3) is 10.9 Å². The maximum atomic E-state index is 9.61. The Labute approximate surface area is 208 Å². The van der Waals surface area contributed by atoms with Gasteiger partial charge in [-0.15, -0.1) is 0 Å². The van der Waals surface area contributed by atoms with Gasteiger partial charge in [-0.25, -0.2) is 9.97 Å². The number of piperidine rings is 1. The lowest BCUT2D eigenvalue weighted by Gasteiger charge is -2.33. The van der Waals surface area contributed by atoms with E-state index < -0.39 is 5.54 Å². The van der Waals surface area contributed by atoms with Gasteiger partial charge in [-0.05, 0) is 69.3 Å². The number of aromatic nitrogens is 3. The Kier molecular flexibility index (Phi) is 8.26. The van der Waals surface area contributed by atoms with Gasteiger partial charge in [-0.3, -0.25) is 0 Å². The van der Waals surface area contributed by atoms with Gasteiger partial charge in [0.25, 0.3) is 0 Å². The van der Waals surface area contributed by atoms with Gasteiger partial charge < -0.3 is 24.7 Å². The van der Waals surface area contributed by atoms with Crippen LogP contribution in [0.1, 0.15) is 50.7 Å². The molecule has 2 aromatic heterocycles. The van der Waals surface area contributed by atoms with Crippen LogP contribution in [0.3, 0.4) is 0 Å². The summed E-state index contributed by atoms with van der Waals surface area (Å²) >= 11 is 0. The van der Waals surface area contributed by atoms with Crippen molar-refractivity contribution in [1.29, 1.82) is 0 Å². The quantitative estimate of drug-likeness (QED) is 0.282. The Morgan fingerprint density at radius 1 is 1.20 bits per heavy atom. The highest BCUT2D eigenvalue weighted by atomic mass is 16.5. The van der Waals surface area contributed by atoms with Crippen LogP contribution in [-0.4, -0.2) is 53.0 Å². The maximum absolute atomic E-state index is 9.61. The van der Waals surface area contributed by atoms with E-state index in [2.05, 4.69) is 62.5 Å². The summed E-state index contributed by atoms with van der Waals surface area (Å²) in [6.07, 6.45) is 11.0. The molecule has 3 N–H and O–H groups in total. The van der Waals surface area contributed by atoms with Gasteiger partial charge in [-0.1, -0.05) is 13.3 Å². The molecule has 1 unspecified atom stereocenters. The minimum atomic E-state index is -0.509. The fourth-order valence-corrected chi connectivity index (χ4v) is 5.17. The van der Waals surface area contributed by atoms with E-state index in [1.807, 2.05) is 25.4 Å². The number of hydrogen-bond acceptors (Lipinski definition) is 7. The number of anilines is 1. The summed E-state index contributed by atoms with van der Waals surface area (Å²) in [6.45, 7) is 8.05. The molecule has 8 heteroatoms. The number of methoxy groups -OCH3 is 1. The van der Waals surface area contributed by atoms with Crippen molar-refractivity contribution in [2.75, 3.05) is 38.2 Å². The Morgan fingerprint density at radius 2 is 1.94 bits per heavy atom. The SMILES string of the molecule is CCCC(C)(NO)c1cnc(N2CCC(CNCCc3cn(C)c4cc(OC)ccc34)CC2)nc1. The van der Waals surface area contributed by atoms with E-state index in [1.54, 1.807) is 7.11 Å². The third-order valence-corrected chi connectivity index (χ3v) is 7.45. The third-order valence-electron chi connectivity index (χ3n) is 7.45. The summed E-state index contributed by atoms with van der Waals surface area (Å²) in [6, 6.07) is 6.31. The lowest BCUT2D eigenvalue weighted by Crippen LogP contribution is -2.39. The molecule has 0 amide bonds. The average molecular weight is 481 g/mol. The zero-order valence-electron chi connectivity index (χ0n) is 21.5. The standard InChI is InChI=1S/C27H40N6O2/c1-5-11-27(2,31-34)22-17-29-26(30-18-22)33-13-9-20(10-14-33)16-28-12-8-21-19-32(3)25-15-23(35-4)6-7-24(21)25/h6-7,15,17-20,28,31,34H,5,8-14,16H2,1-4H3. The summed E-state index contributed by atoms with van der Waals surface area (Å²) in [5.74, 6) is 2.35. The predicted octanol–water partition coefficient (Wildman–Crippen LogP) is 4.02. The highest BCUT2D eigenvalue weighted by Crippen LogP contribution is 2.27. The minimum absolute atomic E-state index is 0.509. The highest BCUT2D eigenvalue weighted by molar-refractivity contribution is 5.85. The van der Waals surface area contributed by atoms with E-state index in [4.69, 9.17) is 4.74 Å². The molecule has 0 radical (unpaired) electrons. The summed E-state index contributed by atoms with van der Waals surface area (Å²) in [7, 11) is 3.80. The van der Waals surface area contributed by atoms with Gasteiger partial charge in [0.15, 0.2) is 0 Å². The van der Waals surface area contributed by atoms with E-state index in [-0.39, 0.29) is 0 Å². The topological polar surface area (TPSA) is 87.5 Å². The molecule has 1 aliphatic heterocycles. The van der Waals surface area contributed by atoms with Crippen molar-refractivity contribution in [2.24, 2.45) is 13.0 Å². The van der Waals surface area contributed by atoms with Crippen molar-refractivity contribution in [3.05, 3.63) is 47.9 Å². The monoisotopic (exact) mass is 480 g/mol. The molecule has 35 heavy (non-hydrogen) atoms. The smallest absolute Gasteiger partial charge is 0.225 e. The first-order chi connectivity index (χ1) is 17.0. The molecule has 1 fully saturated rings. The second-order valence-electron chi connectivity index (χ2n) is 10.00. The van der Waals surface area contributed by atoms with Crippen molar-refractivity contribution in [2.45, 2.75) is 51.5 Å². The van der Waals surface area contributed by atoms with Crippen LogP contribution >= 0.6 is 0 Å². The van der Waals surface area contributed by atoms with Crippen molar-refractivity contribution >= 4 is 16.9 Å². The van der Waals surface area contributed by atoms with E-state index >= 15 is 0 Å². The molecule has 1 saturated heterocycles. The van der Waals surface area contributed by atoms with E-state index in [1.165, 1.54) is 16.5 Å². The van der Waals surface area contributed by atoms with Crippen LogP contribution in [0.2, 0.25) is 0 Å². The predicted molar refractivity (Wildman–Crippen MR) is 140 cm³/mol. The lowest BCUT2D eigenvalue weighted by atomic mass is 9.90. The fraction of sp³-hybridized carbons (Fsp3) is 0.556. The molecule has 3 heterocycles. The van der Waals surface area contributed by atoms with Gasteiger partial charge in [0.05, 0.1) is 18.2 Å². The van der Waals surface area contributed by atoms with Crippen molar-refractivity contribution in [3.63, 3.8) is 0 Å². The third kappa shape index (κ3) is 5.77. The maximum Gasteiger partial charge on any atom is 0.225 e. The highest BCUT2D eigenvalue weighted by Gasteiger charge is 2.27. The second-order valence-corrected chi connectivity index (χ2v) is 10.00. The molecule has 1 aliphatic rings. The number of hydroxylamine groups is 1. The minimum Gasteiger partial charge on any atom is -0.497 e. The molecule has 1 aromatic carbocycles. The van der Waals surface area contributed by atoms with Crippen LogP contribution in [0.5, 0.6) is 5.75 Å². The van der Waals surface area contributed by atoms with Gasteiger partial charge in [0.2, 0.25) is 5.95 Å². The molecule has 8 nitrogen and oxygen atoms in total. The van der Waals surface area contributed by atoms with Crippen LogP contribution in [0, 0.1) is 5.92 Å². The van der Waals surface area contributed by atoms with Gasteiger partial charge in [0, 0.05) is 55.7 Å². The number of fused-ring (bicyclic) bond motifs is 1. The molecular formula is C27H40N6O2. The molecule has 0 bridgehead atoms. The summed E-state index contributed by atoms with van der Waals surface area (Å²) < 4.78 is 7.55. The van der Waals surface area contributed by atoms with Crippen LogP contribution < -0.4 is 20.4 Å². The molecule has 1 atom stereocenters. The van der Waals surface area contributed by atoms with Gasteiger partial charge in [0.1, 0.15) is 5.75 Å². The van der Waals surface area contributed by atoms with Crippen LogP contribution in [0.4, 0.5) is 5.95 Å². The number of aryl methyl sites for hydroxylation is 1. The molecular weight excluding hydrogens is 440 g/mol. The van der Waals surface area contributed by atoms with Crippen molar-refractivity contribution in [3.8, 4) is 5.75 Å². The molecule has 4 rings (SSSR count). The first kappa shape index (κ1) is 25.4. The number of hydrogen-bond donors (Lipinski definition) is 3. The average Bonchev–Trinajstić information content (AvgIpc) is 3.21. The number of ether oxygens (including phenoxy) is 1. The molecule has 0 aliphatic carbocycles. The van der Waals surface area contributed by atoms with Crippen LogP contribution in [-0.2, 0) is 19.0 Å². The van der Waals surface area contributed by atoms with Crippen LogP contribution in [0.15, 0.2) is 36.8 Å². The van der Waals surface area contributed by atoms with E-state index in [0.29, 0.717) is 5.92 Å². The fourth-order valence-electron chi connectivity index (χ4n) is 5.17. The Balaban J connectivity index is 1.23. The van der Waals surface area contributed by atoms with Crippen molar-refractivity contribution < 1.29 is 9.94 Å². The summed E-state index contributed by atoms with van der Waals surface area (Å²) in [5.41, 5.74) is 5.43. The van der Waals surface area contributed by atoms with E-state index in [9.17, 15) is 5.21 Å². The largest absolute Gasteiger partial charge is 0.497 e. The zero-order chi connectivity index (χ0) is 24.8. The first-order valence-corrected chi connectivity index (χ1v) is 12.8. The number of nitrogens with zero attached hydrogens (tertiary/aromatic N) is 4. The summed E-state index contributed by atoms with van der Waals surface area (Å²) in [5, 5.41) is 14.6. The number of benzene rings is 1. The number of nitrogens with one attached hydrogen (secondary N) is 2. The van der Waals surface area contributed by atoms with E-state index in [0.717, 1.165) is 75.5 Å². The Hall–Kier alpha value is -2.68. The first-order valence-electron chi connectivity index (χ1n) is 12.8. The zero-order valence-corrected chi connectivity index (χ0v) is 21.5. The van der Waals surface area contributed by atoms with Crippen molar-refractivity contribution in [1.82, 2.24) is 25.3 Å². The number of rotatable bonds is 11. The molecule has 0 spiro atoms. The second kappa shape index (κ2) is 11.4.